The molecule has 0 radical (unpaired) electrons. The van der Waals surface area contributed by atoms with Crippen molar-refractivity contribution in [1.82, 2.24) is 9.88 Å². The molecule has 2 aromatic rings. The van der Waals surface area contributed by atoms with Gasteiger partial charge in [-0.25, -0.2) is 4.79 Å². The summed E-state index contributed by atoms with van der Waals surface area (Å²) in [5.41, 5.74) is 2.89. The zero-order valence-corrected chi connectivity index (χ0v) is 12.5. The number of hydrogen-bond donors (Lipinski definition) is 1. The molecule has 20 heavy (non-hydrogen) atoms. The number of carboxylic acid groups (broad SMARTS) is 1. The first-order valence-corrected chi connectivity index (χ1v) is 7.42. The largest absolute Gasteiger partial charge is 0.477 e. The molecule has 0 spiro atoms. The van der Waals surface area contributed by atoms with E-state index in [9.17, 15) is 4.79 Å². The van der Waals surface area contributed by atoms with Gasteiger partial charge in [0.05, 0.1) is 5.69 Å². The Bertz CT molecular complexity index is 595. The summed E-state index contributed by atoms with van der Waals surface area (Å²) >= 11 is 1.28. The summed E-state index contributed by atoms with van der Waals surface area (Å²) < 4.78 is 0. The molecule has 0 saturated heterocycles. The Labute approximate surface area is 122 Å². The first kappa shape index (κ1) is 14.7. The van der Waals surface area contributed by atoms with Gasteiger partial charge in [0.15, 0.2) is 0 Å². The second kappa shape index (κ2) is 6.63. The van der Waals surface area contributed by atoms with Crippen molar-refractivity contribution in [3.63, 3.8) is 0 Å². The topological polar surface area (TPSA) is 53.4 Å². The molecule has 2 heterocycles. The molecule has 2 rings (SSSR count). The van der Waals surface area contributed by atoms with Crippen molar-refractivity contribution in [3.8, 4) is 0 Å². The maximum Gasteiger partial charge on any atom is 0.346 e. The molecule has 0 bridgehead atoms. The molecule has 106 valence electrons. The van der Waals surface area contributed by atoms with E-state index in [-0.39, 0.29) is 0 Å². The summed E-state index contributed by atoms with van der Waals surface area (Å²) in [5.74, 6) is -0.847. The lowest BCUT2D eigenvalue weighted by molar-refractivity contribution is 0.0700. The third-order valence-corrected chi connectivity index (χ3v) is 4.06. The number of hydrogen-bond acceptors (Lipinski definition) is 4. The van der Waals surface area contributed by atoms with Gasteiger partial charge in [0.1, 0.15) is 4.88 Å². The Balaban J connectivity index is 2.09. The van der Waals surface area contributed by atoms with Crippen molar-refractivity contribution in [1.29, 1.82) is 0 Å². The van der Waals surface area contributed by atoms with Crippen LogP contribution in [0.4, 0.5) is 0 Å². The van der Waals surface area contributed by atoms with Crippen LogP contribution in [-0.2, 0) is 13.1 Å². The van der Waals surface area contributed by atoms with E-state index in [0.29, 0.717) is 11.4 Å². The lowest BCUT2D eigenvalue weighted by atomic mass is 10.2. The number of thiophene rings is 1. The van der Waals surface area contributed by atoms with Crippen LogP contribution >= 0.6 is 11.3 Å². The van der Waals surface area contributed by atoms with Crippen LogP contribution in [0.2, 0.25) is 0 Å². The molecule has 0 fully saturated rings. The van der Waals surface area contributed by atoms with Crippen molar-refractivity contribution < 1.29 is 9.90 Å². The second-order valence-corrected chi connectivity index (χ2v) is 5.57. The van der Waals surface area contributed by atoms with E-state index in [1.807, 2.05) is 36.6 Å². The number of aromatic nitrogens is 1. The maximum atomic E-state index is 11.1. The monoisotopic (exact) mass is 290 g/mol. The Morgan fingerprint density at radius 2 is 2.15 bits per heavy atom. The van der Waals surface area contributed by atoms with Crippen molar-refractivity contribution in [2.45, 2.75) is 26.9 Å². The van der Waals surface area contributed by atoms with Gasteiger partial charge in [-0.3, -0.25) is 9.88 Å². The third kappa shape index (κ3) is 3.65. The minimum Gasteiger partial charge on any atom is -0.477 e. The van der Waals surface area contributed by atoms with Crippen LogP contribution in [0.3, 0.4) is 0 Å². The second-order valence-electron chi connectivity index (χ2n) is 4.65. The summed E-state index contributed by atoms with van der Waals surface area (Å²) in [6.45, 7) is 6.26. The normalized spacial score (nSPS) is 10.9. The number of pyridine rings is 1. The fourth-order valence-electron chi connectivity index (χ4n) is 2.08. The van der Waals surface area contributed by atoms with E-state index in [2.05, 4.69) is 16.8 Å². The molecular weight excluding hydrogens is 272 g/mol. The zero-order valence-electron chi connectivity index (χ0n) is 11.7. The Morgan fingerprint density at radius 1 is 1.35 bits per heavy atom. The molecule has 1 N–H and O–H groups in total. The fourth-order valence-corrected chi connectivity index (χ4v) is 2.84. The van der Waals surface area contributed by atoms with E-state index in [1.165, 1.54) is 11.3 Å². The highest BCUT2D eigenvalue weighted by Gasteiger charge is 2.14. The van der Waals surface area contributed by atoms with E-state index < -0.39 is 5.97 Å². The number of carboxylic acids is 1. The number of nitrogens with zero attached hydrogens (tertiary/aromatic N) is 2. The minimum absolute atomic E-state index is 0.431. The van der Waals surface area contributed by atoms with Gasteiger partial charge >= 0.3 is 5.97 Å². The van der Waals surface area contributed by atoms with E-state index in [1.54, 1.807) is 0 Å². The quantitative estimate of drug-likeness (QED) is 0.888. The predicted octanol–water partition coefficient (Wildman–Crippen LogP) is 3.17. The Kier molecular flexibility index (Phi) is 4.87. The number of carbonyl (C=O) groups is 1. The smallest absolute Gasteiger partial charge is 0.346 e. The van der Waals surface area contributed by atoms with Crippen LogP contribution in [-0.4, -0.2) is 27.5 Å². The molecule has 2 aromatic heterocycles. The fraction of sp³-hybridized carbons (Fsp3) is 0.333. The predicted molar refractivity (Wildman–Crippen MR) is 80.0 cm³/mol. The molecular formula is C15H18N2O2S. The van der Waals surface area contributed by atoms with Crippen molar-refractivity contribution in [2.24, 2.45) is 0 Å². The van der Waals surface area contributed by atoms with Crippen LogP contribution in [0, 0.1) is 6.92 Å². The van der Waals surface area contributed by atoms with Crippen molar-refractivity contribution >= 4 is 17.3 Å². The van der Waals surface area contributed by atoms with Gasteiger partial charge < -0.3 is 5.11 Å². The SMILES string of the molecule is CCN(Cc1cccc(C)n1)Cc1ccsc1C(=O)O. The molecule has 0 saturated carbocycles. The zero-order chi connectivity index (χ0) is 14.5. The van der Waals surface area contributed by atoms with E-state index >= 15 is 0 Å². The molecule has 0 amide bonds. The summed E-state index contributed by atoms with van der Waals surface area (Å²) in [7, 11) is 0. The highest BCUT2D eigenvalue weighted by atomic mass is 32.1. The first-order valence-electron chi connectivity index (χ1n) is 6.54. The van der Waals surface area contributed by atoms with Gasteiger partial charge in [-0.1, -0.05) is 13.0 Å². The standard InChI is InChI=1S/C15H18N2O2S/c1-3-17(10-13-6-4-5-11(2)16-13)9-12-7-8-20-14(12)15(18)19/h4-8H,3,9-10H2,1-2H3,(H,18,19). The molecule has 4 nitrogen and oxygen atoms in total. The average Bonchev–Trinajstić information content (AvgIpc) is 2.86. The molecule has 0 aliphatic rings. The molecule has 0 atom stereocenters. The summed E-state index contributed by atoms with van der Waals surface area (Å²) in [5, 5.41) is 11.0. The Hall–Kier alpha value is -1.72. The first-order chi connectivity index (χ1) is 9.60. The van der Waals surface area contributed by atoms with Gasteiger partial charge in [-0.2, -0.15) is 0 Å². The average molecular weight is 290 g/mol. The van der Waals surface area contributed by atoms with Crippen LogP contribution in [0.5, 0.6) is 0 Å². The molecule has 5 heteroatoms. The van der Waals surface area contributed by atoms with Crippen LogP contribution < -0.4 is 0 Å². The van der Waals surface area contributed by atoms with Gasteiger partial charge in [0.25, 0.3) is 0 Å². The number of rotatable bonds is 6. The van der Waals surface area contributed by atoms with E-state index in [4.69, 9.17) is 5.11 Å². The minimum atomic E-state index is -0.847. The Morgan fingerprint density at radius 3 is 2.80 bits per heavy atom. The number of aryl methyl sites for hydroxylation is 1. The lowest BCUT2D eigenvalue weighted by Crippen LogP contribution is -2.23. The highest BCUT2D eigenvalue weighted by molar-refractivity contribution is 7.12. The van der Waals surface area contributed by atoms with Crippen LogP contribution in [0.25, 0.3) is 0 Å². The number of aromatic carboxylic acids is 1. The summed E-state index contributed by atoms with van der Waals surface area (Å²) in [6, 6.07) is 7.86. The van der Waals surface area contributed by atoms with Crippen molar-refractivity contribution in [3.05, 3.63) is 51.5 Å². The van der Waals surface area contributed by atoms with Crippen LogP contribution in [0.1, 0.15) is 33.5 Å². The van der Waals surface area contributed by atoms with E-state index in [0.717, 1.165) is 30.0 Å². The maximum absolute atomic E-state index is 11.1. The van der Waals surface area contributed by atoms with Gasteiger partial charge in [-0.05, 0) is 42.6 Å². The summed E-state index contributed by atoms with van der Waals surface area (Å²) in [4.78, 5) is 18.2. The highest BCUT2D eigenvalue weighted by Crippen LogP contribution is 2.19. The molecule has 0 aliphatic heterocycles. The third-order valence-electron chi connectivity index (χ3n) is 3.11. The van der Waals surface area contributed by atoms with Crippen LogP contribution in [0.15, 0.2) is 29.6 Å². The molecule has 0 aliphatic carbocycles. The van der Waals surface area contributed by atoms with Crippen molar-refractivity contribution in [2.75, 3.05) is 6.54 Å². The van der Waals surface area contributed by atoms with Gasteiger partial charge in [0, 0.05) is 18.8 Å². The van der Waals surface area contributed by atoms with Gasteiger partial charge in [0.2, 0.25) is 0 Å². The summed E-state index contributed by atoms with van der Waals surface area (Å²) in [6.07, 6.45) is 0. The lowest BCUT2D eigenvalue weighted by Gasteiger charge is -2.20. The molecule has 0 unspecified atom stereocenters. The van der Waals surface area contributed by atoms with Gasteiger partial charge in [-0.15, -0.1) is 11.3 Å². The molecule has 0 aromatic carbocycles.